The third-order valence-electron chi connectivity index (χ3n) is 3.82. The Kier molecular flexibility index (Phi) is 4.08. The molecule has 2 aromatic rings. The van der Waals surface area contributed by atoms with E-state index in [1.165, 1.54) is 33.0 Å². The second-order valence-electron chi connectivity index (χ2n) is 5.34. The van der Waals surface area contributed by atoms with E-state index in [0.717, 1.165) is 11.0 Å². The number of hydrogen-bond acceptors (Lipinski definition) is 2. The number of anilines is 1. The van der Waals surface area contributed by atoms with Crippen molar-refractivity contribution in [3.05, 3.63) is 57.6 Å². The topological polar surface area (TPSA) is 12.0 Å². The van der Waals surface area contributed by atoms with E-state index in [1.54, 1.807) is 0 Å². The molecule has 1 N–H and O–H groups in total. The highest BCUT2D eigenvalue weighted by atomic mass is 79.9. The molecule has 0 aromatic heterocycles. The molecule has 0 bridgehead atoms. The van der Waals surface area contributed by atoms with Gasteiger partial charge in [0.1, 0.15) is 0 Å². The molecule has 20 heavy (non-hydrogen) atoms. The highest BCUT2D eigenvalue weighted by Gasteiger charge is 2.22. The van der Waals surface area contributed by atoms with Crippen molar-refractivity contribution in [1.29, 1.82) is 0 Å². The molecule has 3 rings (SSSR count). The Bertz CT molecular complexity index is 616. The highest BCUT2D eigenvalue weighted by Crippen LogP contribution is 2.39. The molecule has 104 valence electrons. The molecule has 3 heteroatoms. The molecule has 1 aliphatic rings. The Labute approximate surface area is 133 Å². The molecular weight excluding hydrogens is 330 g/mol. The van der Waals surface area contributed by atoms with Crippen LogP contribution >= 0.6 is 27.7 Å². The minimum Gasteiger partial charge on any atom is -0.384 e. The lowest BCUT2D eigenvalue weighted by Crippen LogP contribution is -2.13. The number of nitrogens with one attached hydrogen (secondary N) is 1. The molecular formula is C17H18BrNS. The Hall–Kier alpha value is -0.930. The van der Waals surface area contributed by atoms with E-state index in [2.05, 4.69) is 71.5 Å². The number of thioether (sulfide) groups is 1. The summed E-state index contributed by atoms with van der Waals surface area (Å²) in [4.78, 5) is 1.45. The first-order chi connectivity index (χ1) is 9.65. The Morgan fingerprint density at radius 1 is 1.20 bits per heavy atom. The van der Waals surface area contributed by atoms with Crippen LogP contribution in [0.1, 0.15) is 22.6 Å². The molecule has 0 saturated heterocycles. The second-order valence-corrected chi connectivity index (χ2v) is 7.32. The van der Waals surface area contributed by atoms with Crippen LogP contribution < -0.4 is 5.32 Å². The number of aryl methyl sites for hydroxylation is 2. The van der Waals surface area contributed by atoms with E-state index in [9.17, 15) is 0 Å². The minimum absolute atomic E-state index is 0.610. The number of fused-ring (bicyclic) bond motifs is 1. The molecule has 0 aliphatic carbocycles. The number of rotatable bonds is 3. The monoisotopic (exact) mass is 347 g/mol. The van der Waals surface area contributed by atoms with Crippen molar-refractivity contribution in [3.8, 4) is 0 Å². The summed E-state index contributed by atoms with van der Waals surface area (Å²) >= 11 is 5.53. The Morgan fingerprint density at radius 2 is 1.90 bits per heavy atom. The van der Waals surface area contributed by atoms with Crippen molar-refractivity contribution >= 4 is 33.4 Å². The van der Waals surface area contributed by atoms with Gasteiger partial charge in [-0.05, 0) is 48.7 Å². The Morgan fingerprint density at radius 3 is 2.65 bits per heavy atom. The molecule has 0 fully saturated rings. The van der Waals surface area contributed by atoms with Crippen LogP contribution in [0.3, 0.4) is 0 Å². The summed E-state index contributed by atoms with van der Waals surface area (Å²) in [6.07, 6.45) is 0. The molecule has 1 nitrogen and oxygen atoms in total. The summed E-state index contributed by atoms with van der Waals surface area (Å²) in [5.74, 6) is 1.79. The lowest BCUT2D eigenvalue weighted by molar-refractivity contribution is 0.817. The first-order valence-corrected chi connectivity index (χ1v) is 8.65. The van der Waals surface area contributed by atoms with Gasteiger partial charge in [-0.1, -0.05) is 34.1 Å². The van der Waals surface area contributed by atoms with Gasteiger partial charge in [-0.3, -0.25) is 0 Å². The van der Waals surface area contributed by atoms with E-state index in [-0.39, 0.29) is 0 Å². The van der Waals surface area contributed by atoms with Crippen LogP contribution in [0.5, 0.6) is 0 Å². The van der Waals surface area contributed by atoms with Gasteiger partial charge in [0, 0.05) is 33.3 Å². The van der Waals surface area contributed by atoms with Gasteiger partial charge in [0.15, 0.2) is 0 Å². The normalized spacial score (nSPS) is 17.1. The predicted octanol–water partition coefficient (Wildman–Crippen LogP) is 5.37. The first-order valence-electron chi connectivity index (χ1n) is 6.87. The second kappa shape index (κ2) is 5.82. The molecule has 1 heterocycles. The van der Waals surface area contributed by atoms with Gasteiger partial charge < -0.3 is 5.32 Å². The van der Waals surface area contributed by atoms with Crippen LogP contribution in [0.2, 0.25) is 0 Å². The highest BCUT2D eigenvalue weighted by molar-refractivity contribution is 9.10. The van der Waals surface area contributed by atoms with Crippen LogP contribution in [-0.2, 0) is 0 Å². The van der Waals surface area contributed by atoms with Gasteiger partial charge >= 0.3 is 0 Å². The summed E-state index contributed by atoms with van der Waals surface area (Å²) in [6, 6.07) is 13.1. The molecule has 1 aliphatic heterocycles. The molecule has 0 saturated carbocycles. The average Bonchev–Trinajstić information content (AvgIpc) is 2.81. The van der Waals surface area contributed by atoms with Crippen LogP contribution in [0.15, 0.2) is 45.8 Å². The third kappa shape index (κ3) is 2.75. The van der Waals surface area contributed by atoms with E-state index in [1.807, 2.05) is 11.8 Å². The molecule has 0 spiro atoms. The van der Waals surface area contributed by atoms with Crippen LogP contribution in [0, 0.1) is 13.8 Å². The van der Waals surface area contributed by atoms with E-state index in [0.29, 0.717) is 5.92 Å². The van der Waals surface area contributed by atoms with Crippen molar-refractivity contribution in [2.24, 2.45) is 0 Å². The zero-order chi connectivity index (χ0) is 14.1. The third-order valence-corrected chi connectivity index (χ3v) is 5.53. The van der Waals surface area contributed by atoms with Gasteiger partial charge in [0.2, 0.25) is 0 Å². The molecule has 0 radical (unpaired) electrons. The quantitative estimate of drug-likeness (QED) is 0.801. The van der Waals surface area contributed by atoms with Crippen molar-refractivity contribution in [2.45, 2.75) is 24.7 Å². The first kappa shape index (κ1) is 14.0. The fourth-order valence-corrected chi connectivity index (χ4v) is 4.75. The summed E-state index contributed by atoms with van der Waals surface area (Å²) < 4.78 is 1.15. The van der Waals surface area contributed by atoms with E-state index < -0.39 is 0 Å². The number of benzene rings is 2. The standard InChI is InChI=1S/C17H18BrNS/c1-11-7-14(18)8-12(2)17(11)19-9-13-10-20-16-6-4-3-5-15(13)16/h3-8,13,19H,9-10H2,1-2H3. The molecule has 1 atom stereocenters. The fourth-order valence-electron chi connectivity index (χ4n) is 2.81. The zero-order valence-electron chi connectivity index (χ0n) is 11.7. The van der Waals surface area contributed by atoms with Gasteiger partial charge in [-0.2, -0.15) is 0 Å². The maximum Gasteiger partial charge on any atom is 0.0400 e. The van der Waals surface area contributed by atoms with Crippen molar-refractivity contribution in [2.75, 3.05) is 17.6 Å². The number of halogens is 1. The van der Waals surface area contributed by atoms with Gasteiger partial charge in [-0.15, -0.1) is 11.8 Å². The summed E-state index contributed by atoms with van der Waals surface area (Å²) in [6.45, 7) is 5.34. The minimum atomic E-state index is 0.610. The molecule has 2 aromatic carbocycles. The maximum absolute atomic E-state index is 3.66. The number of hydrogen-bond donors (Lipinski definition) is 1. The van der Waals surface area contributed by atoms with Gasteiger partial charge in [0.25, 0.3) is 0 Å². The van der Waals surface area contributed by atoms with E-state index in [4.69, 9.17) is 0 Å². The summed E-state index contributed by atoms with van der Waals surface area (Å²) in [5, 5.41) is 3.66. The SMILES string of the molecule is Cc1cc(Br)cc(C)c1NCC1CSc2ccccc21. The largest absolute Gasteiger partial charge is 0.384 e. The lowest BCUT2D eigenvalue weighted by Gasteiger charge is -2.17. The predicted molar refractivity (Wildman–Crippen MR) is 92.0 cm³/mol. The Balaban J connectivity index is 1.76. The molecule has 1 unspecified atom stereocenters. The van der Waals surface area contributed by atoms with Crippen molar-refractivity contribution in [3.63, 3.8) is 0 Å². The fraction of sp³-hybridized carbons (Fsp3) is 0.294. The zero-order valence-corrected chi connectivity index (χ0v) is 14.1. The van der Waals surface area contributed by atoms with Gasteiger partial charge in [0.05, 0.1) is 0 Å². The van der Waals surface area contributed by atoms with Crippen LogP contribution in [0.4, 0.5) is 5.69 Å². The van der Waals surface area contributed by atoms with Crippen LogP contribution in [0.25, 0.3) is 0 Å². The van der Waals surface area contributed by atoms with Crippen molar-refractivity contribution < 1.29 is 0 Å². The van der Waals surface area contributed by atoms with Crippen LogP contribution in [-0.4, -0.2) is 12.3 Å². The average molecular weight is 348 g/mol. The molecule has 0 amide bonds. The van der Waals surface area contributed by atoms with Crippen molar-refractivity contribution in [1.82, 2.24) is 0 Å². The maximum atomic E-state index is 3.66. The summed E-state index contributed by atoms with van der Waals surface area (Å²) in [5.41, 5.74) is 5.38. The van der Waals surface area contributed by atoms with E-state index >= 15 is 0 Å². The summed E-state index contributed by atoms with van der Waals surface area (Å²) in [7, 11) is 0. The lowest BCUT2D eigenvalue weighted by atomic mass is 10.0. The van der Waals surface area contributed by atoms with Gasteiger partial charge in [-0.25, -0.2) is 0 Å². The smallest absolute Gasteiger partial charge is 0.0400 e.